The summed E-state index contributed by atoms with van der Waals surface area (Å²) >= 11 is 0. The van der Waals surface area contributed by atoms with Crippen LogP contribution >= 0.6 is 0 Å². The SMILES string of the molecule is Cc1ccc(COO)c(CONCNC(=O)c2cc(C)ccc2C(=O)O)c1. The van der Waals surface area contributed by atoms with Crippen LogP contribution in [0.25, 0.3) is 0 Å². The van der Waals surface area contributed by atoms with Crippen molar-refractivity contribution in [1.29, 1.82) is 0 Å². The average molecular weight is 374 g/mol. The first-order valence-corrected chi connectivity index (χ1v) is 8.24. The molecule has 0 fully saturated rings. The Labute approximate surface area is 156 Å². The van der Waals surface area contributed by atoms with E-state index in [1.165, 1.54) is 12.1 Å². The average Bonchev–Trinajstić information content (AvgIpc) is 2.63. The van der Waals surface area contributed by atoms with E-state index in [-0.39, 0.29) is 31.0 Å². The number of carbonyl (C=O) groups excluding carboxylic acids is 1. The molecule has 0 aliphatic carbocycles. The maximum atomic E-state index is 12.2. The van der Waals surface area contributed by atoms with Crippen LogP contribution in [-0.2, 0) is 22.9 Å². The number of hydroxylamine groups is 1. The number of carboxylic acid groups (broad SMARTS) is 1. The van der Waals surface area contributed by atoms with E-state index in [0.717, 1.165) is 22.3 Å². The van der Waals surface area contributed by atoms with Crippen LogP contribution in [0.4, 0.5) is 0 Å². The Morgan fingerprint density at radius 1 is 0.963 bits per heavy atom. The van der Waals surface area contributed by atoms with E-state index < -0.39 is 11.9 Å². The fraction of sp³-hybridized carbons (Fsp3) is 0.263. The van der Waals surface area contributed by atoms with Crippen molar-refractivity contribution in [2.45, 2.75) is 27.1 Å². The Bertz CT molecular complexity index is 822. The van der Waals surface area contributed by atoms with Gasteiger partial charge in [0.2, 0.25) is 0 Å². The highest BCUT2D eigenvalue weighted by molar-refractivity contribution is 6.04. The molecule has 0 saturated heterocycles. The van der Waals surface area contributed by atoms with Gasteiger partial charge in [0, 0.05) is 0 Å². The fourth-order valence-electron chi connectivity index (χ4n) is 2.52. The third kappa shape index (κ3) is 5.87. The predicted octanol–water partition coefficient (Wildman–Crippen LogP) is 2.40. The molecule has 0 saturated carbocycles. The van der Waals surface area contributed by atoms with Crippen LogP contribution in [0.3, 0.4) is 0 Å². The molecule has 0 radical (unpaired) electrons. The quantitative estimate of drug-likeness (QED) is 0.230. The molecule has 2 aromatic rings. The van der Waals surface area contributed by atoms with E-state index in [0.29, 0.717) is 0 Å². The van der Waals surface area contributed by atoms with Gasteiger partial charge in [-0.05, 0) is 37.1 Å². The normalized spacial score (nSPS) is 10.6. The van der Waals surface area contributed by atoms with Crippen LogP contribution in [0.5, 0.6) is 0 Å². The van der Waals surface area contributed by atoms with Crippen molar-refractivity contribution in [2.75, 3.05) is 6.67 Å². The molecule has 0 aliphatic heterocycles. The molecular weight excluding hydrogens is 352 g/mol. The molecular formula is C19H22N2O6. The lowest BCUT2D eigenvalue weighted by Crippen LogP contribution is -2.34. The molecule has 0 aliphatic rings. The highest BCUT2D eigenvalue weighted by Gasteiger charge is 2.16. The van der Waals surface area contributed by atoms with Crippen LogP contribution in [0, 0.1) is 13.8 Å². The number of hydrogen-bond acceptors (Lipinski definition) is 6. The van der Waals surface area contributed by atoms with Gasteiger partial charge in [-0.3, -0.25) is 14.9 Å². The van der Waals surface area contributed by atoms with Gasteiger partial charge in [-0.2, -0.15) is 5.48 Å². The van der Waals surface area contributed by atoms with Gasteiger partial charge in [0.05, 0.1) is 24.4 Å². The molecule has 1 amide bonds. The number of amides is 1. The monoisotopic (exact) mass is 374 g/mol. The standard InChI is InChI=1S/C19H22N2O6/c1-12-3-5-14(10-27-25)15(7-12)9-26-21-11-20-18(22)17-8-13(2)4-6-16(17)19(23)24/h3-8,21,25H,9-11H2,1-2H3,(H,20,22)(H,23,24). The molecule has 8 nitrogen and oxygen atoms in total. The van der Waals surface area contributed by atoms with Crippen LogP contribution in [0.1, 0.15) is 43.0 Å². The second kappa shape index (κ2) is 9.79. The summed E-state index contributed by atoms with van der Waals surface area (Å²) in [5.41, 5.74) is 6.05. The zero-order chi connectivity index (χ0) is 19.8. The lowest BCUT2D eigenvalue weighted by Gasteiger charge is -2.12. The molecule has 0 bridgehead atoms. The molecule has 0 heterocycles. The summed E-state index contributed by atoms with van der Waals surface area (Å²) in [6, 6.07) is 10.2. The topological polar surface area (TPSA) is 117 Å². The van der Waals surface area contributed by atoms with Crippen LogP contribution in [-0.4, -0.2) is 28.9 Å². The minimum atomic E-state index is -1.16. The van der Waals surface area contributed by atoms with Gasteiger partial charge in [0.1, 0.15) is 6.61 Å². The summed E-state index contributed by atoms with van der Waals surface area (Å²) in [5.74, 6) is -1.68. The van der Waals surface area contributed by atoms with E-state index in [1.807, 2.05) is 25.1 Å². The Hall–Kier alpha value is -2.78. The van der Waals surface area contributed by atoms with Gasteiger partial charge >= 0.3 is 5.97 Å². The second-order valence-corrected chi connectivity index (χ2v) is 6.02. The highest BCUT2D eigenvalue weighted by atomic mass is 17.1. The number of nitrogens with one attached hydrogen (secondary N) is 2. The number of hydrogen-bond donors (Lipinski definition) is 4. The van der Waals surface area contributed by atoms with Gasteiger partial charge in [0.25, 0.3) is 5.91 Å². The Kier molecular flexibility index (Phi) is 7.44. The first-order chi connectivity index (χ1) is 12.9. The van der Waals surface area contributed by atoms with Gasteiger partial charge in [-0.1, -0.05) is 35.4 Å². The number of aryl methyl sites for hydroxylation is 2. The largest absolute Gasteiger partial charge is 0.478 e. The Balaban J connectivity index is 1.88. The van der Waals surface area contributed by atoms with E-state index in [9.17, 15) is 14.7 Å². The summed E-state index contributed by atoms with van der Waals surface area (Å²) in [5, 5.41) is 20.4. The van der Waals surface area contributed by atoms with Crippen molar-refractivity contribution in [3.8, 4) is 0 Å². The van der Waals surface area contributed by atoms with Crippen LogP contribution in [0.2, 0.25) is 0 Å². The minimum Gasteiger partial charge on any atom is -0.478 e. The van der Waals surface area contributed by atoms with Crippen molar-refractivity contribution in [3.63, 3.8) is 0 Å². The molecule has 2 aromatic carbocycles. The predicted molar refractivity (Wildman–Crippen MR) is 97.0 cm³/mol. The third-order valence-electron chi connectivity index (χ3n) is 3.88. The number of benzene rings is 2. The Morgan fingerprint density at radius 2 is 1.67 bits per heavy atom. The molecule has 2 rings (SSSR count). The van der Waals surface area contributed by atoms with E-state index in [2.05, 4.69) is 15.7 Å². The zero-order valence-corrected chi connectivity index (χ0v) is 15.1. The lowest BCUT2D eigenvalue weighted by molar-refractivity contribution is -0.253. The van der Waals surface area contributed by atoms with Crippen LogP contribution in [0.15, 0.2) is 36.4 Å². The van der Waals surface area contributed by atoms with Crippen molar-refractivity contribution < 1.29 is 29.7 Å². The second-order valence-electron chi connectivity index (χ2n) is 6.02. The molecule has 27 heavy (non-hydrogen) atoms. The molecule has 0 spiro atoms. The van der Waals surface area contributed by atoms with Crippen LogP contribution < -0.4 is 10.8 Å². The van der Waals surface area contributed by atoms with E-state index >= 15 is 0 Å². The van der Waals surface area contributed by atoms with Crippen molar-refractivity contribution in [1.82, 2.24) is 10.8 Å². The maximum absolute atomic E-state index is 12.2. The molecule has 0 aromatic heterocycles. The number of carboxylic acids is 1. The third-order valence-corrected chi connectivity index (χ3v) is 3.88. The zero-order valence-electron chi connectivity index (χ0n) is 15.1. The first kappa shape index (κ1) is 20.5. The molecule has 144 valence electrons. The summed E-state index contributed by atoms with van der Waals surface area (Å²) < 4.78 is 0. The molecule has 4 N–H and O–H groups in total. The lowest BCUT2D eigenvalue weighted by atomic mass is 10.0. The van der Waals surface area contributed by atoms with Gasteiger partial charge < -0.3 is 10.4 Å². The molecule has 0 unspecified atom stereocenters. The summed E-state index contributed by atoms with van der Waals surface area (Å²) in [4.78, 5) is 33.0. The fourth-order valence-corrected chi connectivity index (χ4v) is 2.52. The summed E-state index contributed by atoms with van der Waals surface area (Å²) in [6.07, 6.45) is 0. The molecule has 0 atom stereocenters. The maximum Gasteiger partial charge on any atom is 0.336 e. The van der Waals surface area contributed by atoms with Gasteiger partial charge in [0.15, 0.2) is 0 Å². The van der Waals surface area contributed by atoms with E-state index in [4.69, 9.17) is 10.1 Å². The Morgan fingerprint density at radius 3 is 2.37 bits per heavy atom. The van der Waals surface area contributed by atoms with Crippen molar-refractivity contribution in [2.24, 2.45) is 0 Å². The minimum absolute atomic E-state index is 0.0104. The number of rotatable bonds is 9. The highest BCUT2D eigenvalue weighted by Crippen LogP contribution is 2.14. The number of aromatic carboxylic acids is 1. The molecule has 8 heteroatoms. The van der Waals surface area contributed by atoms with E-state index in [1.54, 1.807) is 13.0 Å². The van der Waals surface area contributed by atoms with Gasteiger partial charge in [-0.25, -0.2) is 9.68 Å². The van der Waals surface area contributed by atoms with Crippen molar-refractivity contribution in [3.05, 3.63) is 69.8 Å². The van der Waals surface area contributed by atoms with Crippen molar-refractivity contribution >= 4 is 11.9 Å². The number of carbonyl (C=O) groups is 2. The summed E-state index contributed by atoms with van der Waals surface area (Å²) in [7, 11) is 0. The first-order valence-electron chi connectivity index (χ1n) is 8.24. The summed E-state index contributed by atoms with van der Waals surface area (Å²) in [6.45, 7) is 3.94. The van der Waals surface area contributed by atoms with Gasteiger partial charge in [-0.15, -0.1) is 0 Å². The smallest absolute Gasteiger partial charge is 0.336 e.